The lowest BCUT2D eigenvalue weighted by Crippen LogP contribution is -2.50. The van der Waals surface area contributed by atoms with Gasteiger partial charge in [-0.05, 0) is 54.5 Å². The number of fused-ring (bicyclic) bond motifs is 2. The first-order chi connectivity index (χ1) is 15.1. The zero-order valence-corrected chi connectivity index (χ0v) is 18.7. The first-order valence-electron chi connectivity index (χ1n) is 10.9. The van der Waals surface area contributed by atoms with Gasteiger partial charge < -0.3 is 0 Å². The minimum atomic E-state index is -0.435. The standard InChI is InChI=1S/C27H24Cl2N2/c28-24-12-6-4-10-22(24)26(23-11-5-7-13-25(23)29)31-20-14-15-21(31)17-27(16-20,18-30)19-8-2-1-3-9-19/h1-13,20-21,26H,14-17H2. The van der Waals surface area contributed by atoms with Crippen molar-refractivity contribution in [2.75, 3.05) is 0 Å². The Morgan fingerprint density at radius 1 is 0.774 bits per heavy atom. The zero-order chi connectivity index (χ0) is 21.4. The third kappa shape index (κ3) is 3.56. The van der Waals surface area contributed by atoms with Crippen LogP contribution < -0.4 is 0 Å². The van der Waals surface area contributed by atoms with E-state index in [0.717, 1.165) is 52.4 Å². The Morgan fingerprint density at radius 2 is 1.26 bits per heavy atom. The first-order valence-corrected chi connectivity index (χ1v) is 11.6. The normalized spacial score (nSPS) is 25.5. The molecule has 2 bridgehead atoms. The van der Waals surface area contributed by atoms with Gasteiger partial charge in [0.25, 0.3) is 0 Å². The summed E-state index contributed by atoms with van der Waals surface area (Å²) in [5, 5.41) is 11.8. The van der Waals surface area contributed by atoms with Crippen LogP contribution in [0.3, 0.4) is 0 Å². The zero-order valence-electron chi connectivity index (χ0n) is 17.2. The van der Waals surface area contributed by atoms with E-state index < -0.39 is 5.41 Å². The molecule has 0 spiro atoms. The number of hydrogen-bond acceptors (Lipinski definition) is 2. The monoisotopic (exact) mass is 446 g/mol. The molecule has 2 aliphatic heterocycles. The minimum Gasteiger partial charge on any atom is -0.286 e. The molecule has 2 atom stereocenters. The van der Waals surface area contributed by atoms with Gasteiger partial charge in [0.2, 0.25) is 0 Å². The number of nitriles is 1. The van der Waals surface area contributed by atoms with Crippen LogP contribution in [0.4, 0.5) is 0 Å². The minimum absolute atomic E-state index is 0.0210. The number of rotatable bonds is 4. The van der Waals surface area contributed by atoms with Crippen molar-refractivity contribution in [2.45, 2.75) is 49.2 Å². The molecule has 0 N–H and O–H groups in total. The number of halogens is 2. The third-order valence-corrected chi connectivity index (χ3v) is 7.77. The molecule has 4 heteroatoms. The Kier molecular flexibility index (Phi) is 5.52. The molecule has 156 valence electrons. The average Bonchev–Trinajstić information content (AvgIpc) is 3.06. The molecule has 0 radical (unpaired) electrons. The lowest BCUT2D eigenvalue weighted by Gasteiger charge is -2.47. The summed E-state index contributed by atoms with van der Waals surface area (Å²) in [6.07, 6.45) is 3.84. The topological polar surface area (TPSA) is 27.0 Å². The van der Waals surface area contributed by atoms with Crippen molar-refractivity contribution < 1.29 is 0 Å². The van der Waals surface area contributed by atoms with E-state index in [4.69, 9.17) is 23.2 Å². The van der Waals surface area contributed by atoms with Crippen LogP contribution in [-0.2, 0) is 5.41 Å². The molecule has 2 fully saturated rings. The highest BCUT2D eigenvalue weighted by atomic mass is 35.5. The second kappa shape index (κ2) is 8.32. The fourth-order valence-electron chi connectivity index (χ4n) is 5.74. The van der Waals surface area contributed by atoms with Crippen molar-refractivity contribution in [3.63, 3.8) is 0 Å². The van der Waals surface area contributed by atoms with Gasteiger partial charge in [0.05, 0.1) is 17.5 Å². The molecule has 2 aliphatic rings. The second-order valence-electron chi connectivity index (χ2n) is 8.75. The molecule has 2 saturated heterocycles. The largest absolute Gasteiger partial charge is 0.286 e. The van der Waals surface area contributed by atoms with E-state index in [1.165, 1.54) is 0 Å². The SMILES string of the molecule is N#CC1(c2ccccc2)CC2CCC(C1)N2C(c1ccccc1Cl)c1ccccc1Cl. The van der Waals surface area contributed by atoms with Gasteiger partial charge in [0.1, 0.15) is 0 Å². The summed E-state index contributed by atoms with van der Waals surface area (Å²) in [5.41, 5.74) is 2.87. The number of hydrogen-bond donors (Lipinski definition) is 0. The Hall–Kier alpha value is -2.31. The molecule has 3 aromatic carbocycles. The highest BCUT2D eigenvalue weighted by Crippen LogP contribution is 2.52. The lowest BCUT2D eigenvalue weighted by atomic mass is 9.70. The van der Waals surface area contributed by atoms with Gasteiger partial charge in [-0.2, -0.15) is 5.26 Å². The Bertz CT molecular complexity index is 1060. The predicted molar refractivity (Wildman–Crippen MR) is 126 cm³/mol. The smallest absolute Gasteiger partial charge is 0.0852 e. The van der Waals surface area contributed by atoms with Crippen LogP contribution >= 0.6 is 23.2 Å². The van der Waals surface area contributed by atoms with Crippen LogP contribution in [0.25, 0.3) is 0 Å². The van der Waals surface area contributed by atoms with Crippen molar-refractivity contribution in [1.82, 2.24) is 4.90 Å². The van der Waals surface area contributed by atoms with Gasteiger partial charge >= 0.3 is 0 Å². The van der Waals surface area contributed by atoms with Gasteiger partial charge in [-0.15, -0.1) is 0 Å². The van der Waals surface area contributed by atoms with Gasteiger partial charge in [-0.3, -0.25) is 4.90 Å². The summed E-state index contributed by atoms with van der Waals surface area (Å²) in [5.74, 6) is 0. The Balaban J connectivity index is 1.59. The Labute approximate surface area is 194 Å². The van der Waals surface area contributed by atoms with Crippen LogP contribution in [0, 0.1) is 11.3 Å². The summed E-state index contributed by atoms with van der Waals surface area (Å²) < 4.78 is 0. The van der Waals surface area contributed by atoms with E-state index in [9.17, 15) is 5.26 Å². The molecule has 2 unspecified atom stereocenters. The maximum atomic E-state index is 10.3. The predicted octanol–water partition coefficient (Wildman–Crippen LogP) is 7.17. The van der Waals surface area contributed by atoms with Crippen molar-refractivity contribution in [3.05, 3.63) is 106 Å². The van der Waals surface area contributed by atoms with E-state index in [2.05, 4.69) is 35.2 Å². The highest BCUT2D eigenvalue weighted by Gasteiger charge is 2.52. The first kappa shape index (κ1) is 20.6. The van der Waals surface area contributed by atoms with Crippen LogP contribution in [-0.4, -0.2) is 17.0 Å². The molecule has 3 aromatic rings. The van der Waals surface area contributed by atoms with Gasteiger partial charge in [0.15, 0.2) is 0 Å². The molecule has 0 aromatic heterocycles. The van der Waals surface area contributed by atoms with Crippen LogP contribution in [0.1, 0.15) is 48.4 Å². The van der Waals surface area contributed by atoms with E-state index in [1.54, 1.807) is 0 Å². The molecular weight excluding hydrogens is 423 g/mol. The van der Waals surface area contributed by atoms with E-state index in [0.29, 0.717) is 12.1 Å². The molecule has 0 amide bonds. The van der Waals surface area contributed by atoms with Crippen molar-refractivity contribution in [1.29, 1.82) is 5.26 Å². The number of nitrogens with zero attached hydrogens (tertiary/aromatic N) is 2. The molecule has 2 heterocycles. The summed E-state index contributed by atoms with van der Waals surface area (Å²) in [6.45, 7) is 0. The summed E-state index contributed by atoms with van der Waals surface area (Å²) in [4.78, 5) is 2.60. The maximum Gasteiger partial charge on any atom is 0.0852 e. The van der Waals surface area contributed by atoms with E-state index in [1.807, 2.05) is 54.6 Å². The summed E-state index contributed by atoms with van der Waals surface area (Å²) >= 11 is 13.4. The summed E-state index contributed by atoms with van der Waals surface area (Å²) in [6, 6.07) is 29.8. The third-order valence-electron chi connectivity index (χ3n) is 7.08. The maximum absolute atomic E-state index is 10.3. The van der Waals surface area contributed by atoms with Crippen LogP contribution in [0.5, 0.6) is 0 Å². The van der Waals surface area contributed by atoms with Crippen LogP contribution in [0.15, 0.2) is 78.9 Å². The van der Waals surface area contributed by atoms with Crippen molar-refractivity contribution in [3.8, 4) is 6.07 Å². The van der Waals surface area contributed by atoms with Gasteiger partial charge in [-0.25, -0.2) is 0 Å². The second-order valence-corrected chi connectivity index (χ2v) is 9.56. The fraction of sp³-hybridized carbons (Fsp3) is 0.296. The molecular formula is C27H24Cl2N2. The average molecular weight is 447 g/mol. The molecule has 0 aliphatic carbocycles. The van der Waals surface area contributed by atoms with Crippen molar-refractivity contribution >= 4 is 23.2 Å². The quantitative estimate of drug-likeness (QED) is 0.424. The lowest BCUT2D eigenvalue weighted by molar-refractivity contribution is 0.0753. The highest BCUT2D eigenvalue weighted by molar-refractivity contribution is 6.32. The molecule has 0 saturated carbocycles. The van der Waals surface area contributed by atoms with Gasteiger partial charge in [0, 0.05) is 22.1 Å². The van der Waals surface area contributed by atoms with Crippen LogP contribution in [0.2, 0.25) is 10.0 Å². The molecule has 2 nitrogen and oxygen atoms in total. The summed E-state index contributed by atoms with van der Waals surface area (Å²) in [7, 11) is 0. The fourth-order valence-corrected chi connectivity index (χ4v) is 6.21. The molecule has 5 rings (SSSR count). The van der Waals surface area contributed by atoms with E-state index >= 15 is 0 Å². The Morgan fingerprint density at radius 3 is 1.74 bits per heavy atom. The number of benzene rings is 3. The number of piperidine rings is 1. The van der Waals surface area contributed by atoms with Crippen molar-refractivity contribution in [2.24, 2.45) is 0 Å². The molecule has 31 heavy (non-hydrogen) atoms. The van der Waals surface area contributed by atoms with Gasteiger partial charge in [-0.1, -0.05) is 89.9 Å². The van der Waals surface area contributed by atoms with E-state index in [-0.39, 0.29) is 6.04 Å².